The molecule has 0 bridgehead atoms. The lowest BCUT2D eigenvalue weighted by Crippen LogP contribution is -2.44. The number of piperidine rings is 1. The Kier molecular flexibility index (Phi) is 4.58. The van der Waals surface area contributed by atoms with Crippen LogP contribution in [0.3, 0.4) is 0 Å². The van der Waals surface area contributed by atoms with Gasteiger partial charge < -0.3 is 9.47 Å². The molecule has 0 radical (unpaired) electrons. The molecule has 0 amide bonds. The molecule has 2 aliphatic heterocycles. The fourth-order valence-corrected chi connectivity index (χ4v) is 3.80. The standard InChI is InChI=1S/C21H22N2O2/c22-12-16-5-3-6-17(11-16)18-7-4-10-23(13-18)14-19-15-24-20-8-1-2-9-21(20)25-19/h1-3,5-6,8-9,11,18-19H,4,7,10,13-15H2/t18?,19-/m0/s1. The third kappa shape index (κ3) is 3.62. The van der Waals surface area contributed by atoms with E-state index in [4.69, 9.17) is 14.7 Å². The van der Waals surface area contributed by atoms with Crippen LogP contribution in [0.4, 0.5) is 0 Å². The van der Waals surface area contributed by atoms with Crippen LogP contribution >= 0.6 is 0 Å². The Balaban J connectivity index is 1.40. The number of nitrogens with zero attached hydrogens (tertiary/aromatic N) is 2. The summed E-state index contributed by atoms with van der Waals surface area (Å²) in [6.45, 7) is 3.58. The van der Waals surface area contributed by atoms with Crippen LogP contribution in [0.2, 0.25) is 0 Å². The summed E-state index contributed by atoms with van der Waals surface area (Å²) in [5, 5.41) is 9.12. The Morgan fingerprint density at radius 3 is 2.88 bits per heavy atom. The highest BCUT2D eigenvalue weighted by Gasteiger charge is 2.27. The first-order chi connectivity index (χ1) is 12.3. The average molecular weight is 334 g/mol. The summed E-state index contributed by atoms with van der Waals surface area (Å²) < 4.78 is 11.9. The molecule has 1 unspecified atom stereocenters. The van der Waals surface area contributed by atoms with Crippen molar-refractivity contribution in [1.29, 1.82) is 5.26 Å². The summed E-state index contributed by atoms with van der Waals surface area (Å²) in [5.41, 5.74) is 2.02. The van der Waals surface area contributed by atoms with E-state index in [1.807, 2.05) is 42.5 Å². The molecule has 2 aromatic rings. The number of benzene rings is 2. The van der Waals surface area contributed by atoms with E-state index in [0.29, 0.717) is 12.5 Å². The maximum absolute atomic E-state index is 9.12. The van der Waals surface area contributed by atoms with Crippen molar-refractivity contribution in [3.8, 4) is 17.6 Å². The monoisotopic (exact) mass is 334 g/mol. The zero-order chi connectivity index (χ0) is 17.1. The number of nitriles is 1. The number of hydrogen-bond acceptors (Lipinski definition) is 4. The van der Waals surface area contributed by atoms with Crippen molar-refractivity contribution in [2.75, 3.05) is 26.2 Å². The van der Waals surface area contributed by atoms with Crippen molar-refractivity contribution in [2.45, 2.75) is 24.9 Å². The summed E-state index contributed by atoms with van der Waals surface area (Å²) >= 11 is 0. The minimum atomic E-state index is 0.0686. The number of rotatable bonds is 3. The van der Waals surface area contributed by atoms with E-state index in [1.165, 1.54) is 18.4 Å². The van der Waals surface area contributed by atoms with Gasteiger partial charge in [-0.3, -0.25) is 4.90 Å². The lowest BCUT2D eigenvalue weighted by atomic mass is 9.89. The summed E-state index contributed by atoms with van der Waals surface area (Å²) in [4.78, 5) is 2.47. The maximum atomic E-state index is 9.12. The highest BCUT2D eigenvalue weighted by molar-refractivity contribution is 5.40. The zero-order valence-corrected chi connectivity index (χ0v) is 14.2. The summed E-state index contributed by atoms with van der Waals surface area (Å²) in [7, 11) is 0. The second kappa shape index (κ2) is 7.16. The van der Waals surface area contributed by atoms with Crippen molar-refractivity contribution >= 4 is 0 Å². The first kappa shape index (κ1) is 16.0. The summed E-state index contributed by atoms with van der Waals surface area (Å²) in [5.74, 6) is 2.16. The summed E-state index contributed by atoms with van der Waals surface area (Å²) in [6.07, 6.45) is 2.42. The molecular weight excluding hydrogens is 312 g/mol. The van der Waals surface area contributed by atoms with E-state index >= 15 is 0 Å². The largest absolute Gasteiger partial charge is 0.486 e. The van der Waals surface area contributed by atoms with Crippen LogP contribution in [0, 0.1) is 11.3 Å². The smallest absolute Gasteiger partial charge is 0.161 e. The Bertz CT molecular complexity index is 783. The van der Waals surface area contributed by atoms with Gasteiger partial charge >= 0.3 is 0 Å². The van der Waals surface area contributed by atoms with E-state index in [9.17, 15) is 0 Å². The van der Waals surface area contributed by atoms with Gasteiger partial charge in [0.2, 0.25) is 0 Å². The molecule has 4 rings (SSSR count). The van der Waals surface area contributed by atoms with E-state index in [0.717, 1.165) is 36.7 Å². The molecule has 1 saturated heterocycles. The second-order valence-corrected chi connectivity index (χ2v) is 6.83. The topological polar surface area (TPSA) is 45.5 Å². The molecule has 128 valence electrons. The van der Waals surface area contributed by atoms with Gasteiger partial charge in [-0.1, -0.05) is 24.3 Å². The van der Waals surface area contributed by atoms with Crippen molar-refractivity contribution in [1.82, 2.24) is 4.90 Å². The molecule has 2 atom stereocenters. The SMILES string of the molecule is N#Cc1cccc(C2CCCN(C[C@H]3COc4ccccc4O3)C2)c1. The van der Waals surface area contributed by atoms with Gasteiger partial charge in [0.25, 0.3) is 0 Å². The molecule has 2 aliphatic rings. The van der Waals surface area contributed by atoms with Gasteiger partial charge in [-0.05, 0) is 55.1 Å². The summed E-state index contributed by atoms with van der Waals surface area (Å²) in [6, 6.07) is 18.1. The molecule has 0 aromatic heterocycles. The Hall–Kier alpha value is -2.51. The molecule has 0 N–H and O–H groups in total. The van der Waals surface area contributed by atoms with E-state index < -0.39 is 0 Å². The van der Waals surface area contributed by atoms with Crippen LogP contribution < -0.4 is 9.47 Å². The second-order valence-electron chi connectivity index (χ2n) is 6.83. The third-order valence-corrected chi connectivity index (χ3v) is 5.02. The molecule has 0 saturated carbocycles. The quantitative estimate of drug-likeness (QED) is 0.861. The van der Waals surface area contributed by atoms with Crippen LogP contribution in [0.5, 0.6) is 11.5 Å². The minimum absolute atomic E-state index is 0.0686. The lowest BCUT2D eigenvalue weighted by molar-refractivity contribution is 0.0505. The van der Waals surface area contributed by atoms with Gasteiger partial charge in [-0.15, -0.1) is 0 Å². The molecule has 2 heterocycles. The van der Waals surface area contributed by atoms with Crippen LogP contribution in [0.1, 0.15) is 29.9 Å². The van der Waals surface area contributed by atoms with Gasteiger partial charge in [0, 0.05) is 13.1 Å². The normalized spacial score (nSPS) is 23.0. The average Bonchev–Trinajstić information content (AvgIpc) is 2.68. The van der Waals surface area contributed by atoms with Gasteiger partial charge in [0.05, 0.1) is 11.6 Å². The van der Waals surface area contributed by atoms with Crippen molar-refractivity contribution in [3.63, 3.8) is 0 Å². The first-order valence-electron chi connectivity index (χ1n) is 8.93. The highest BCUT2D eigenvalue weighted by atomic mass is 16.6. The minimum Gasteiger partial charge on any atom is -0.486 e. The molecule has 4 heteroatoms. The van der Waals surface area contributed by atoms with Crippen LogP contribution in [0.15, 0.2) is 48.5 Å². The van der Waals surface area contributed by atoms with E-state index in [1.54, 1.807) is 0 Å². The van der Waals surface area contributed by atoms with Gasteiger partial charge in [-0.2, -0.15) is 5.26 Å². The van der Waals surface area contributed by atoms with Crippen LogP contribution in [0.25, 0.3) is 0 Å². The number of hydrogen-bond donors (Lipinski definition) is 0. The molecule has 0 spiro atoms. The number of fused-ring (bicyclic) bond motifs is 1. The van der Waals surface area contributed by atoms with Crippen molar-refractivity contribution < 1.29 is 9.47 Å². The Morgan fingerprint density at radius 1 is 1.12 bits per heavy atom. The predicted molar refractivity (Wildman–Crippen MR) is 95.9 cm³/mol. The molecular formula is C21H22N2O2. The molecule has 0 aliphatic carbocycles. The Labute approximate surface area is 148 Å². The predicted octanol–water partition coefficient (Wildman–Crippen LogP) is 3.58. The highest BCUT2D eigenvalue weighted by Crippen LogP contribution is 2.32. The molecule has 2 aromatic carbocycles. The molecule has 1 fully saturated rings. The van der Waals surface area contributed by atoms with Crippen molar-refractivity contribution in [3.05, 3.63) is 59.7 Å². The van der Waals surface area contributed by atoms with E-state index in [-0.39, 0.29) is 6.10 Å². The zero-order valence-electron chi connectivity index (χ0n) is 14.2. The fourth-order valence-electron chi connectivity index (χ4n) is 3.80. The van der Waals surface area contributed by atoms with Crippen LogP contribution in [-0.4, -0.2) is 37.2 Å². The van der Waals surface area contributed by atoms with E-state index in [2.05, 4.69) is 17.0 Å². The number of ether oxygens (including phenoxy) is 2. The fraction of sp³-hybridized carbons (Fsp3) is 0.381. The lowest BCUT2D eigenvalue weighted by Gasteiger charge is -2.36. The number of para-hydroxylation sites is 2. The van der Waals surface area contributed by atoms with Crippen molar-refractivity contribution in [2.24, 2.45) is 0 Å². The van der Waals surface area contributed by atoms with Gasteiger partial charge in [0.1, 0.15) is 12.7 Å². The van der Waals surface area contributed by atoms with Crippen LogP contribution in [-0.2, 0) is 0 Å². The first-order valence-corrected chi connectivity index (χ1v) is 8.93. The molecule has 4 nitrogen and oxygen atoms in total. The van der Waals surface area contributed by atoms with Gasteiger partial charge in [0.15, 0.2) is 11.5 Å². The maximum Gasteiger partial charge on any atom is 0.161 e. The van der Waals surface area contributed by atoms with Gasteiger partial charge in [-0.25, -0.2) is 0 Å². The third-order valence-electron chi connectivity index (χ3n) is 5.02. The number of likely N-dealkylation sites (tertiary alicyclic amines) is 1. The Morgan fingerprint density at radius 2 is 2.00 bits per heavy atom. The molecule has 25 heavy (non-hydrogen) atoms.